The van der Waals surface area contributed by atoms with Crippen molar-refractivity contribution >= 4 is 5.97 Å². The van der Waals surface area contributed by atoms with Crippen molar-refractivity contribution in [3.63, 3.8) is 0 Å². The molecule has 1 atom stereocenters. The molecule has 1 N–H and O–H groups in total. The highest BCUT2D eigenvalue weighted by Gasteiger charge is 2.16. The molecule has 0 aromatic rings. The fourth-order valence-corrected chi connectivity index (χ4v) is 2.11. The number of carbonyl (C=O) groups is 1. The molecule has 0 bridgehead atoms. The lowest BCUT2D eigenvalue weighted by Crippen LogP contribution is -2.35. The fourth-order valence-electron chi connectivity index (χ4n) is 2.11. The van der Waals surface area contributed by atoms with Crippen LogP contribution in [0.3, 0.4) is 0 Å². The predicted octanol–water partition coefficient (Wildman–Crippen LogP) is 3.67. The average molecular weight is 257 g/mol. The molecule has 0 aliphatic carbocycles. The highest BCUT2D eigenvalue weighted by Crippen LogP contribution is 2.11. The maximum atomic E-state index is 11.5. The van der Waals surface area contributed by atoms with Gasteiger partial charge in [-0.25, -0.2) is 0 Å². The van der Waals surface area contributed by atoms with Gasteiger partial charge in [-0.05, 0) is 20.4 Å². The van der Waals surface area contributed by atoms with Crippen LogP contribution in [-0.4, -0.2) is 25.7 Å². The summed E-state index contributed by atoms with van der Waals surface area (Å²) in [6, 6.07) is -0.120. The number of rotatable bonds is 12. The third kappa shape index (κ3) is 9.46. The lowest BCUT2D eigenvalue weighted by Gasteiger charge is -2.14. The van der Waals surface area contributed by atoms with Crippen LogP contribution in [0.15, 0.2) is 0 Å². The highest BCUT2D eigenvalue weighted by atomic mass is 16.5. The Bertz CT molecular complexity index is 195. The molecule has 0 saturated heterocycles. The molecule has 0 amide bonds. The molecule has 0 aliphatic rings. The number of hydrogen-bond acceptors (Lipinski definition) is 3. The fraction of sp³-hybridized carbons (Fsp3) is 0.933. The molecule has 3 nitrogen and oxygen atoms in total. The molecule has 3 heteroatoms. The molecular weight excluding hydrogens is 226 g/mol. The van der Waals surface area contributed by atoms with E-state index in [0.717, 1.165) is 12.8 Å². The zero-order valence-electron chi connectivity index (χ0n) is 12.5. The molecule has 0 saturated carbocycles. The van der Waals surface area contributed by atoms with Crippen molar-refractivity contribution in [3.8, 4) is 0 Å². The second-order valence-electron chi connectivity index (χ2n) is 4.86. The van der Waals surface area contributed by atoms with Gasteiger partial charge < -0.3 is 10.1 Å². The molecule has 0 rings (SSSR count). The van der Waals surface area contributed by atoms with Gasteiger partial charge in [-0.1, -0.05) is 58.3 Å². The standard InChI is InChI=1S/C15H31NO2/c1-4-6-7-8-9-10-11-12-13-14(16-3)15(17)18-5-2/h14,16H,4-13H2,1-3H3. The Hall–Kier alpha value is -0.570. The van der Waals surface area contributed by atoms with Gasteiger partial charge in [0.15, 0.2) is 0 Å². The average Bonchev–Trinajstić information content (AvgIpc) is 2.37. The van der Waals surface area contributed by atoms with Crippen LogP contribution in [0, 0.1) is 0 Å². The Morgan fingerprint density at radius 1 is 1.00 bits per heavy atom. The van der Waals surface area contributed by atoms with Gasteiger partial charge in [-0.3, -0.25) is 4.79 Å². The molecule has 0 spiro atoms. The first-order valence-electron chi connectivity index (χ1n) is 7.60. The third-order valence-corrected chi connectivity index (χ3v) is 3.27. The van der Waals surface area contributed by atoms with Gasteiger partial charge in [0.2, 0.25) is 0 Å². The summed E-state index contributed by atoms with van der Waals surface area (Å²) in [4.78, 5) is 11.5. The molecular formula is C15H31NO2. The Morgan fingerprint density at radius 3 is 2.06 bits per heavy atom. The van der Waals surface area contributed by atoms with Crippen molar-refractivity contribution in [1.82, 2.24) is 5.32 Å². The van der Waals surface area contributed by atoms with Crippen LogP contribution < -0.4 is 5.32 Å². The summed E-state index contributed by atoms with van der Waals surface area (Å²) >= 11 is 0. The number of likely N-dealkylation sites (N-methyl/N-ethyl adjacent to an activating group) is 1. The van der Waals surface area contributed by atoms with E-state index in [4.69, 9.17) is 4.74 Å². The maximum Gasteiger partial charge on any atom is 0.323 e. The summed E-state index contributed by atoms with van der Waals surface area (Å²) in [7, 11) is 1.83. The third-order valence-electron chi connectivity index (χ3n) is 3.27. The van der Waals surface area contributed by atoms with E-state index in [9.17, 15) is 4.79 Å². The van der Waals surface area contributed by atoms with Gasteiger partial charge in [0.1, 0.15) is 6.04 Å². The predicted molar refractivity (Wildman–Crippen MR) is 76.7 cm³/mol. The minimum Gasteiger partial charge on any atom is -0.465 e. The Kier molecular flexibility index (Phi) is 12.5. The minimum atomic E-state index is -0.120. The molecule has 0 aliphatic heterocycles. The lowest BCUT2D eigenvalue weighted by atomic mass is 10.0. The molecule has 18 heavy (non-hydrogen) atoms. The number of ether oxygens (including phenoxy) is 1. The Balaban J connectivity index is 3.42. The van der Waals surface area contributed by atoms with Crippen LogP contribution in [0.25, 0.3) is 0 Å². The van der Waals surface area contributed by atoms with Crippen molar-refractivity contribution in [1.29, 1.82) is 0 Å². The molecule has 108 valence electrons. The van der Waals surface area contributed by atoms with Gasteiger partial charge in [0, 0.05) is 0 Å². The summed E-state index contributed by atoms with van der Waals surface area (Å²) < 4.78 is 5.02. The highest BCUT2D eigenvalue weighted by molar-refractivity contribution is 5.75. The zero-order chi connectivity index (χ0) is 13.6. The number of esters is 1. The van der Waals surface area contributed by atoms with Crippen LogP contribution in [0.1, 0.15) is 71.6 Å². The topological polar surface area (TPSA) is 38.3 Å². The van der Waals surface area contributed by atoms with Crippen molar-refractivity contribution in [3.05, 3.63) is 0 Å². The second-order valence-corrected chi connectivity index (χ2v) is 4.86. The van der Waals surface area contributed by atoms with Crippen LogP contribution in [0.2, 0.25) is 0 Å². The number of nitrogens with one attached hydrogen (secondary N) is 1. The molecule has 0 radical (unpaired) electrons. The van der Waals surface area contributed by atoms with E-state index >= 15 is 0 Å². The van der Waals surface area contributed by atoms with Crippen molar-refractivity contribution < 1.29 is 9.53 Å². The molecule has 1 unspecified atom stereocenters. The molecule has 0 heterocycles. The van der Waals surface area contributed by atoms with Gasteiger partial charge in [-0.15, -0.1) is 0 Å². The number of unbranched alkanes of at least 4 members (excludes halogenated alkanes) is 7. The van der Waals surface area contributed by atoms with E-state index in [1.807, 2.05) is 14.0 Å². The van der Waals surface area contributed by atoms with E-state index in [2.05, 4.69) is 12.2 Å². The van der Waals surface area contributed by atoms with Crippen molar-refractivity contribution in [2.45, 2.75) is 77.7 Å². The lowest BCUT2D eigenvalue weighted by molar-refractivity contribution is -0.145. The van der Waals surface area contributed by atoms with Gasteiger partial charge >= 0.3 is 5.97 Å². The number of hydrogen-bond donors (Lipinski definition) is 1. The van der Waals surface area contributed by atoms with Gasteiger partial charge in [-0.2, -0.15) is 0 Å². The Labute approximate surface area is 113 Å². The van der Waals surface area contributed by atoms with Crippen molar-refractivity contribution in [2.24, 2.45) is 0 Å². The summed E-state index contributed by atoms with van der Waals surface area (Å²) in [6.45, 7) is 4.56. The quantitative estimate of drug-likeness (QED) is 0.428. The summed E-state index contributed by atoms with van der Waals surface area (Å²) in [5.41, 5.74) is 0. The first kappa shape index (κ1) is 17.4. The summed E-state index contributed by atoms with van der Waals surface area (Å²) in [5.74, 6) is -0.108. The largest absolute Gasteiger partial charge is 0.465 e. The molecule has 0 aromatic carbocycles. The van der Waals surface area contributed by atoms with E-state index in [1.54, 1.807) is 0 Å². The van der Waals surface area contributed by atoms with Crippen LogP contribution in [0.5, 0.6) is 0 Å². The smallest absolute Gasteiger partial charge is 0.323 e. The van der Waals surface area contributed by atoms with Crippen LogP contribution in [-0.2, 0) is 9.53 Å². The van der Waals surface area contributed by atoms with Crippen molar-refractivity contribution in [2.75, 3.05) is 13.7 Å². The normalized spacial score (nSPS) is 12.4. The summed E-state index contributed by atoms with van der Waals surface area (Å²) in [6.07, 6.45) is 11.3. The first-order chi connectivity index (χ1) is 8.76. The van der Waals surface area contributed by atoms with E-state index in [-0.39, 0.29) is 12.0 Å². The van der Waals surface area contributed by atoms with Crippen LogP contribution >= 0.6 is 0 Å². The van der Waals surface area contributed by atoms with E-state index in [1.165, 1.54) is 44.9 Å². The zero-order valence-corrected chi connectivity index (χ0v) is 12.5. The summed E-state index contributed by atoms with van der Waals surface area (Å²) in [5, 5.41) is 3.03. The van der Waals surface area contributed by atoms with E-state index < -0.39 is 0 Å². The Morgan fingerprint density at radius 2 is 1.56 bits per heavy atom. The van der Waals surface area contributed by atoms with Gasteiger partial charge in [0.05, 0.1) is 6.61 Å². The van der Waals surface area contributed by atoms with Crippen LogP contribution in [0.4, 0.5) is 0 Å². The molecule has 0 aromatic heterocycles. The molecule has 0 fully saturated rings. The maximum absolute atomic E-state index is 11.5. The van der Waals surface area contributed by atoms with Gasteiger partial charge in [0.25, 0.3) is 0 Å². The first-order valence-corrected chi connectivity index (χ1v) is 7.60. The number of carbonyl (C=O) groups excluding carboxylic acids is 1. The second kappa shape index (κ2) is 12.9. The monoisotopic (exact) mass is 257 g/mol. The SMILES string of the molecule is CCCCCCCCCCC(NC)C(=O)OCC. The van der Waals surface area contributed by atoms with E-state index in [0.29, 0.717) is 6.61 Å². The minimum absolute atomic E-state index is 0.108.